The Morgan fingerprint density at radius 1 is 1.09 bits per heavy atom. The molecule has 2 heterocycles. The van der Waals surface area contributed by atoms with Gasteiger partial charge >= 0.3 is 0 Å². The summed E-state index contributed by atoms with van der Waals surface area (Å²) in [4.78, 5) is 17.7. The summed E-state index contributed by atoms with van der Waals surface area (Å²) in [5, 5.41) is 6.06. The molecule has 0 fully saturated rings. The zero-order valence-electron chi connectivity index (χ0n) is 19.1. The molecular weight excluding hydrogens is 432 g/mol. The summed E-state index contributed by atoms with van der Waals surface area (Å²) >= 11 is 1.62. The summed E-state index contributed by atoms with van der Waals surface area (Å²) in [6.07, 6.45) is 0. The smallest absolute Gasteiger partial charge is 0.253 e. The Balaban J connectivity index is 1.44. The highest BCUT2D eigenvalue weighted by molar-refractivity contribution is 7.13. The Bertz CT molecular complexity index is 1240. The standard InChI is InChI=1S/C26H28N4O2S/c1-17-12-24(25(31)28-14-20-6-4-19(13-27)5-7-20)18(2)30(17)15-22-16-33-26(29-22)21-8-10-23(32-3)11-9-21/h4-12,16H,13-15,27H2,1-3H3,(H,28,31). The van der Waals surface area contributed by atoms with Gasteiger partial charge in [-0.15, -0.1) is 11.3 Å². The molecule has 2 aromatic carbocycles. The van der Waals surface area contributed by atoms with E-state index in [4.69, 9.17) is 15.5 Å². The summed E-state index contributed by atoms with van der Waals surface area (Å²) in [5.74, 6) is 0.752. The van der Waals surface area contributed by atoms with E-state index < -0.39 is 0 Å². The second kappa shape index (κ2) is 10.0. The lowest BCUT2D eigenvalue weighted by Crippen LogP contribution is -2.23. The van der Waals surface area contributed by atoms with Crippen LogP contribution in [0.1, 0.15) is 38.6 Å². The molecule has 0 aliphatic carbocycles. The van der Waals surface area contributed by atoms with E-state index in [2.05, 4.69) is 15.3 Å². The molecule has 7 heteroatoms. The number of aryl methyl sites for hydroxylation is 1. The Kier molecular flexibility index (Phi) is 6.91. The molecular formula is C26H28N4O2S. The van der Waals surface area contributed by atoms with Crippen molar-refractivity contribution in [3.05, 3.63) is 93.7 Å². The average molecular weight is 461 g/mol. The SMILES string of the molecule is COc1ccc(-c2nc(Cn3c(C)cc(C(=O)NCc4ccc(CN)cc4)c3C)cs2)cc1. The summed E-state index contributed by atoms with van der Waals surface area (Å²) < 4.78 is 7.37. The summed E-state index contributed by atoms with van der Waals surface area (Å²) in [6, 6.07) is 17.8. The number of thiazole rings is 1. The maximum absolute atomic E-state index is 12.9. The predicted octanol–water partition coefficient (Wildman–Crippen LogP) is 4.67. The average Bonchev–Trinajstić information content (AvgIpc) is 3.43. The Morgan fingerprint density at radius 2 is 1.79 bits per heavy atom. The minimum absolute atomic E-state index is 0.0746. The molecule has 0 spiro atoms. The van der Waals surface area contributed by atoms with Crippen molar-refractivity contribution in [3.8, 4) is 16.3 Å². The van der Waals surface area contributed by atoms with Gasteiger partial charge in [-0.25, -0.2) is 4.98 Å². The van der Waals surface area contributed by atoms with E-state index in [1.807, 2.05) is 68.4 Å². The van der Waals surface area contributed by atoms with Crippen molar-refractivity contribution in [2.45, 2.75) is 33.5 Å². The van der Waals surface area contributed by atoms with Crippen LogP contribution in [0, 0.1) is 13.8 Å². The first-order chi connectivity index (χ1) is 16.0. The molecule has 0 radical (unpaired) electrons. The molecule has 0 aliphatic rings. The van der Waals surface area contributed by atoms with E-state index >= 15 is 0 Å². The van der Waals surface area contributed by atoms with Gasteiger partial charge in [-0.3, -0.25) is 4.79 Å². The van der Waals surface area contributed by atoms with Gasteiger partial charge in [0.25, 0.3) is 5.91 Å². The van der Waals surface area contributed by atoms with Gasteiger partial charge in [0.15, 0.2) is 0 Å². The van der Waals surface area contributed by atoms with Crippen molar-refractivity contribution in [1.29, 1.82) is 0 Å². The number of rotatable bonds is 8. The van der Waals surface area contributed by atoms with E-state index in [0.717, 1.165) is 44.5 Å². The van der Waals surface area contributed by atoms with E-state index in [9.17, 15) is 4.79 Å². The number of hydrogen-bond donors (Lipinski definition) is 2. The lowest BCUT2D eigenvalue weighted by Gasteiger charge is -2.09. The summed E-state index contributed by atoms with van der Waals surface area (Å²) in [5.41, 5.74) is 12.5. The van der Waals surface area contributed by atoms with Crippen LogP contribution in [0.5, 0.6) is 5.75 Å². The van der Waals surface area contributed by atoms with Crippen molar-refractivity contribution in [3.63, 3.8) is 0 Å². The topological polar surface area (TPSA) is 82.2 Å². The quantitative estimate of drug-likeness (QED) is 0.400. The maximum atomic E-state index is 12.9. The lowest BCUT2D eigenvalue weighted by atomic mass is 10.1. The molecule has 0 bridgehead atoms. The van der Waals surface area contributed by atoms with Gasteiger partial charge in [0.05, 0.1) is 24.9 Å². The number of nitrogens with two attached hydrogens (primary N) is 1. The van der Waals surface area contributed by atoms with Crippen LogP contribution in [-0.2, 0) is 19.6 Å². The van der Waals surface area contributed by atoms with Gasteiger partial charge in [0, 0.05) is 35.4 Å². The van der Waals surface area contributed by atoms with Gasteiger partial charge < -0.3 is 20.4 Å². The van der Waals surface area contributed by atoms with Crippen LogP contribution < -0.4 is 15.8 Å². The second-order valence-electron chi connectivity index (χ2n) is 7.95. The van der Waals surface area contributed by atoms with Crippen LogP contribution in [0.15, 0.2) is 60.0 Å². The largest absolute Gasteiger partial charge is 0.497 e. The van der Waals surface area contributed by atoms with Crippen LogP contribution in [0.2, 0.25) is 0 Å². The highest BCUT2D eigenvalue weighted by Crippen LogP contribution is 2.27. The molecule has 1 amide bonds. The summed E-state index contributed by atoms with van der Waals surface area (Å²) in [6.45, 7) is 5.61. The molecule has 33 heavy (non-hydrogen) atoms. The fourth-order valence-corrected chi connectivity index (χ4v) is 4.57. The highest BCUT2D eigenvalue weighted by Gasteiger charge is 2.17. The number of carbonyl (C=O) groups is 1. The normalized spacial score (nSPS) is 10.9. The third-order valence-electron chi connectivity index (χ3n) is 5.74. The molecule has 0 unspecified atom stereocenters. The second-order valence-corrected chi connectivity index (χ2v) is 8.80. The van der Waals surface area contributed by atoms with Crippen LogP contribution in [0.3, 0.4) is 0 Å². The van der Waals surface area contributed by atoms with Gasteiger partial charge in [0.1, 0.15) is 10.8 Å². The van der Waals surface area contributed by atoms with Crippen LogP contribution >= 0.6 is 11.3 Å². The number of amides is 1. The van der Waals surface area contributed by atoms with E-state index in [-0.39, 0.29) is 5.91 Å². The van der Waals surface area contributed by atoms with Crippen molar-refractivity contribution in [2.75, 3.05) is 7.11 Å². The van der Waals surface area contributed by atoms with Crippen LogP contribution in [-0.4, -0.2) is 22.6 Å². The molecule has 2 aromatic heterocycles. The van der Waals surface area contributed by atoms with E-state index in [1.165, 1.54) is 0 Å². The number of methoxy groups -OCH3 is 1. The molecule has 0 saturated heterocycles. The molecule has 3 N–H and O–H groups in total. The zero-order valence-corrected chi connectivity index (χ0v) is 19.9. The van der Waals surface area contributed by atoms with Crippen molar-refractivity contribution in [2.24, 2.45) is 5.73 Å². The Hall–Kier alpha value is -3.42. The number of hydrogen-bond acceptors (Lipinski definition) is 5. The number of aromatic nitrogens is 2. The molecule has 170 valence electrons. The molecule has 4 rings (SSSR count). The number of carbonyl (C=O) groups excluding carboxylic acids is 1. The first kappa shape index (κ1) is 22.8. The van der Waals surface area contributed by atoms with Crippen molar-refractivity contribution in [1.82, 2.24) is 14.9 Å². The predicted molar refractivity (Wildman–Crippen MR) is 133 cm³/mol. The minimum atomic E-state index is -0.0746. The van der Waals surface area contributed by atoms with Gasteiger partial charge in [0.2, 0.25) is 0 Å². The number of benzene rings is 2. The van der Waals surface area contributed by atoms with E-state index in [0.29, 0.717) is 25.2 Å². The fraction of sp³-hybridized carbons (Fsp3) is 0.231. The van der Waals surface area contributed by atoms with Crippen molar-refractivity contribution >= 4 is 17.2 Å². The number of nitrogens with one attached hydrogen (secondary N) is 1. The monoisotopic (exact) mass is 460 g/mol. The van der Waals surface area contributed by atoms with E-state index in [1.54, 1.807) is 18.4 Å². The van der Waals surface area contributed by atoms with Gasteiger partial charge in [-0.2, -0.15) is 0 Å². The highest BCUT2D eigenvalue weighted by atomic mass is 32.1. The molecule has 6 nitrogen and oxygen atoms in total. The number of ether oxygens (including phenoxy) is 1. The zero-order chi connectivity index (χ0) is 23.4. The fourth-order valence-electron chi connectivity index (χ4n) is 3.75. The van der Waals surface area contributed by atoms with Crippen molar-refractivity contribution < 1.29 is 9.53 Å². The first-order valence-corrected chi connectivity index (χ1v) is 11.7. The van der Waals surface area contributed by atoms with Crippen LogP contribution in [0.4, 0.5) is 0 Å². The molecule has 4 aromatic rings. The third-order valence-corrected chi connectivity index (χ3v) is 6.68. The molecule has 0 saturated carbocycles. The minimum Gasteiger partial charge on any atom is -0.497 e. The molecule has 0 aliphatic heterocycles. The lowest BCUT2D eigenvalue weighted by molar-refractivity contribution is 0.0950. The van der Waals surface area contributed by atoms with Gasteiger partial charge in [-0.1, -0.05) is 24.3 Å². The molecule has 0 atom stereocenters. The summed E-state index contributed by atoms with van der Waals surface area (Å²) in [7, 11) is 1.66. The Labute approximate surface area is 198 Å². The van der Waals surface area contributed by atoms with Crippen LogP contribution in [0.25, 0.3) is 10.6 Å². The third kappa shape index (κ3) is 5.16. The van der Waals surface area contributed by atoms with Gasteiger partial charge in [-0.05, 0) is 55.3 Å². The first-order valence-electron chi connectivity index (χ1n) is 10.8. The Morgan fingerprint density at radius 3 is 2.45 bits per heavy atom. The number of nitrogens with zero attached hydrogens (tertiary/aromatic N) is 2. The maximum Gasteiger partial charge on any atom is 0.253 e.